The van der Waals surface area contributed by atoms with Crippen molar-refractivity contribution in [3.8, 4) is 5.75 Å². The molecule has 1 heterocycles. The Morgan fingerprint density at radius 2 is 1.55 bits per heavy atom. The molecule has 1 aliphatic rings. The van der Waals surface area contributed by atoms with Crippen molar-refractivity contribution in [1.29, 1.82) is 0 Å². The summed E-state index contributed by atoms with van der Waals surface area (Å²) in [6, 6.07) is 5.11. The first kappa shape index (κ1) is 15.4. The summed E-state index contributed by atoms with van der Waals surface area (Å²) in [6.45, 7) is 11.2. The number of benzene rings is 1. The lowest BCUT2D eigenvalue weighted by Gasteiger charge is -2.32. The lowest BCUT2D eigenvalue weighted by atomic mass is 9.78. The zero-order valence-corrected chi connectivity index (χ0v) is 13.0. The van der Waals surface area contributed by atoms with E-state index >= 15 is 0 Å². The highest BCUT2D eigenvalue weighted by molar-refractivity contribution is 6.62. The van der Waals surface area contributed by atoms with Gasteiger partial charge in [0.05, 0.1) is 16.8 Å². The van der Waals surface area contributed by atoms with E-state index in [1.165, 1.54) is 0 Å². The Balaban J connectivity index is 2.31. The van der Waals surface area contributed by atoms with Crippen LogP contribution in [-0.2, 0) is 14.9 Å². The second-order valence-electron chi connectivity index (χ2n) is 6.92. The minimum absolute atomic E-state index is 0.0460. The Labute approximate surface area is 120 Å². The smallest absolute Gasteiger partial charge is 0.494 e. The fraction of sp³-hybridized carbons (Fsp3) is 0.600. The van der Waals surface area contributed by atoms with Crippen molar-refractivity contribution in [2.24, 2.45) is 0 Å². The van der Waals surface area contributed by atoms with Crippen LogP contribution in [0.25, 0.3) is 0 Å². The quantitative estimate of drug-likeness (QED) is 0.811. The molecule has 0 radical (unpaired) electrons. The summed E-state index contributed by atoms with van der Waals surface area (Å²) >= 11 is 0. The predicted molar refractivity (Wildman–Crippen MR) is 79.1 cm³/mol. The molecule has 110 valence electrons. The number of phenols is 1. The average Bonchev–Trinajstić information content (AvgIpc) is 2.46. The largest absolute Gasteiger partial charge is 0.508 e. The van der Waals surface area contributed by atoms with Gasteiger partial charge in [-0.15, -0.1) is 0 Å². The molecule has 2 N–H and O–H groups in total. The van der Waals surface area contributed by atoms with Gasteiger partial charge >= 0.3 is 7.12 Å². The summed E-state index contributed by atoms with van der Waals surface area (Å²) in [4.78, 5) is 0. The van der Waals surface area contributed by atoms with Gasteiger partial charge < -0.3 is 19.5 Å². The molecule has 0 unspecified atom stereocenters. The van der Waals surface area contributed by atoms with Crippen LogP contribution < -0.4 is 5.46 Å². The summed E-state index contributed by atoms with van der Waals surface area (Å²) in [7, 11) is -0.512. The van der Waals surface area contributed by atoms with E-state index in [4.69, 9.17) is 9.31 Å². The van der Waals surface area contributed by atoms with Gasteiger partial charge in [0.15, 0.2) is 0 Å². The summed E-state index contributed by atoms with van der Waals surface area (Å²) < 4.78 is 11.9. The van der Waals surface area contributed by atoms with E-state index < -0.39 is 23.9 Å². The number of phenolic OH excluding ortho intramolecular Hbond substituents is 1. The van der Waals surface area contributed by atoms with Crippen LogP contribution in [0.4, 0.5) is 0 Å². The number of hydrogen-bond acceptors (Lipinski definition) is 4. The van der Waals surface area contributed by atoms with Crippen LogP contribution in [0.2, 0.25) is 0 Å². The lowest BCUT2D eigenvalue weighted by molar-refractivity contribution is 0.00578. The highest BCUT2D eigenvalue weighted by Gasteiger charge is 2.51. The van der Waals surface area contributed by atoms with Crippen LogP contribution in [0.5, 0.6) is 5.75 Å². The maximum atomic E-state index is 10.1. The third-order valence-corrected chi connectivity index (χ3v) is 4.21. The van der Waals surface area contributed by atoms with Crippen molar-refractivity contribution in [2.45, 2.75) is 58.3 Å². The minimum atomic E-state index is -1.08. The lowest BCUT2D eigenvalue weighted by Crippen LogP contribution is -2.41. The van der Waals surface area contributed by atoms with Gasteiger partial charge in [-0.2, -0.15) is 0 Å². The topological polar surface area (TPSA) is 58.9 Å². The van der Waals surface area contributed by atoms with Gasteiger partial charge in [0, 0.05) is 5.56 Å². The zero-order chi connectivity index (χ0) is 15.3. The third kappa shape index (κ3) is 2.58. The Morgan fingerprint density at radius 1 is 1.05 bits per heavy atom. The Hall–Kier alpha value is -1.04. The van der Waals surface area contributed by atoms with Gasteiger partial charge in [-0.05, 0) is 53.1 Å². The van der Waals surface area contributed by atoms with Crippen molar-refractivity contribution in [2.75, 3.05) is 0 Å². The number of aliphatic hydroxyl groups is 1. The van der Waals surface area contributed by atoms with Crippen LogP contribution in [0.3, 0.4) is 0 Å². The number of hydrogen-bond donors (Lipinski definition) is 2. The van der Waals surface area contributed by atoms with E-state index in [0.717, 1.165) is 5.46 Å². The molecule has 0 amide bonds. The molecular formula is C15H23BO4. The molecular weight excluding hydrogens is 255 g/mol. The number of rotatable bonds is 2. The first-order chi connectivity index (χ1) is 8.94. The fourth-order valence-corrected chi connectivity index (χ4v) is 2.19. The Bertz CT molecular complexity index is 501. The molecule has 1 aromatic rings. The van der Waals surface area contributed by atoms with E-state index in [1.54, 1.807) is 26.0 Å². The average molecular weight is 278 g/mol. The van der Waals surface area contributed by atoms with Gasteiger partial charge in [-0.25, -0.2) is 0 Å². The van der Waals surface area contributed by atoms with Crippen LogP contribution in [-0.4, -0.2) is 28.5 Å². The summed E-state index contributed by atoms with van der Waals surface area (Å²) in [5.41, 5.74) is -0.685. The van der Waals surface area contributed by atoms with E-state index in [0.29, 0.717) is 5.56 Å². The maximum Gasteiger partial charge on any atom is 0.494 e. The zero-order valence-electron chi connectivity index (χ0n) is 13.0. The Morgan fingerprint density at radius 3 is 1.95 bits per heavy atom. The summed E-state index contributed by atoms with van der Waals surface area (Å²) in [6.07, 6.45) is 0. The van der Waals surface area contributed by atoms with E-state index in [9.17, 15) is 10.2 Å². The molecule has 0 saturated carbocycles. The van der Waals surface area contributed by atoms with E-state index in [1.807, 2.05) is 33.8 Å². The predicted octanol–water partition coefficient (Wildman–Crippen LogP) is 1.92. The molecule has 2 rings (SSSR count). The van der Waals surface area contributed by atoms with Gasteiger partial charge in [0.1, 0.15) is 5.75 Å². The fourth-order valence-electron chi connectivity index (χ4n) is 2.19. The number of aromatic hydroxyl groups is 1. The van der Waals surface area contributed by atoms with Crippen molar-refractivity contribution < 1.29 is 19.5 Å². The monoisotopic (exact) mass is 278 g/mol. The van der Waals surface area contributed by atoms with Crippen LogP contribution in [0.15, 0.2) is 18.2 Å². The Kier molecular flexibility index (Phi) is 3.44. The molecule has 0 spiro atoms. The molecule has 0 bridgehead atoms. The van der Waals surface area contributed by atoms with Crippen LogP contribution >= 0.6 is 0 Å². The summed E-state index contributed by atoms with van der Waals surface area (Å²) in [5, 5.41) is 20.0. The highest BCUT2D eigenvalue weighted by Crippen LogP contribution is 2.37. The highest BCUT2D eigenvalue weighted by atomic mass is 16.7. The van der Waals surface area contributed by atoms with Gasteiger partial charge in [-0.1, -0.05) is 12.1 Å². The van der Waals surface area contributed by atoms with E-state index in [-0.39, 0.29) is 5.75 Å². The molecule has 0 aliphatic carbocycles. The van der Waals surface area contributed by atoms with Gasteiger partial charge in [0.25, 0.3) is 0 Å². The second-order valence-corrected chi connectivity index (χ2v) is 6.92. The van der Waals surface area contributed by atoms with Crippen molar-refractivity contribution in [3.05, 3.63) is 23.8 Å². The van der Waals surface area contributed by atoms with Crippen molar-refractivity contribution >= 4 is 12.6 Å². The molecule has 0 atom stereocenters. The molecule has 20 heavy (non-hydrogen) atoms. The third-order valence-electron chi connectivity index (χ3n) is 4.21. The maximum absolute atomic E-state index is 10.1. The van der Waals surface area contributed by atoms with E-state index in [2.05, 4.69) is 0 Å². The standard InChI is InChI=1S/C15H23BO4/c1-13(2,18)11-8-7-10(9-12(11)17)16-19-14(3,4)15(5,6)20-16/h7-9,17-18H,1-6H3. The molecule has 5 heteroatoms. The van der Waals surface area contributed by atoms with Gasteiger partial charge in [-0.3, -0.25) is 0 Å². The summed E-state index contributed by atoms with van der Waals surface area (Å²) in [5.74, 6) is 0.0460. The normalized spacial score (nSPS) is 21.2. The van der Waals surface area contributed by atoms with Gasteiger partial charge in [0.2, 0.25) is 0 Å². The molecule has 1 fully saturated rings. The van der Waals surface area contributed by atoms with Crippen molar-refractivity contribution in [1.82, 2.24) is 0 Å². The second kappa shape index (κ2) is 4.48. The molecule has 4 nitrogen and oxygen atoms in total. The first-order valence-corrected chi connectivity index (χ1v) is 6.85. The molecule has 0 aromatic heterocycles. The molecule has 1 saturated heterocycles. The molecule has 1 aliphatic heterocycles. The van der Waals surface area contributed by atoms with Crippen LogP contribution in [0.1, 0.15) is 47.1 Å². The van der Waals surface area contributed by atoms with Crippen molar-refractivity contribution in [3.63, 3.8) is 0 Å². The minimum Gasteiger partial charge on any atom is -0.508 e. The first-order valence-electron chi connectivity index (χ1n) is 6.85. The SMILES string of the molecule is CC(C)(O)c1ccc(B2OC(C)(C)C(C)(C)O2)cc1O. The van der Waals surface area contributed by atoms with Crippen LogP contribution in [0, 0.1) is 0 Å². The molecule has 1 aromatic carbocycles.